The zero-order valence-corrected chi connectivity index (χ0v) is 9.43. The molecule has 86 valence electrons. The number of Topliss-reactive ketones (excluding diaryl/α,β-unsaturated/α-hetero) is 1. The van der Waals surface area contributed by atoms with E-state index in [4.69, 9.17) is 0 Å². The minimum Gasteiger partial charge on any atom is -0.464 e. The minimum atomic E-state index is -0.566. The predicted molar refractivity (Wildman–Crippen MR) is 60.9 cm³/mol. The van der Waals surface area contributed by atoms with Crippen LogP contribution in [-0.2, 0) is 4.74 Å². The summed E-state index contributed by atoms with van der Waals surface area (Å²) in [5.41, 5.74) is 0.376. The normalized spacial score (nSPS) is 10.2. The summed E-state index contributed by atoms with van der Waals surface area (Å²) in [5.74, 6) is -0.756. The first-order valence-corrected chi connectivity index (χ1v) is 5.00. The number of methoxy groups -OCH3 is 1. The lowest BCUT2D eigenvalue weighted by atomic mass is 10.1. The fraction of sp³-hybridized carbons (Fsp3) is 0.167. The van der Waals surface area contributed by atoms with Crippen molar-refractivity contribution in [3.05, 3.63) is 35.7 Å². The van der Waals surface area contributed by atoms with E-state index < -0.39 is 5.97 Å². The van der Waals surface area contributed by atoms with Gasteiger partial charge in [0.2, 0.25) is 0 Å². The molecule has 0 spiro atoms. The van der Waals surface area contributed by atoms with Gasteiger partial charge in [0.05, 0.1) is 7.11 Å². The summed E-state index contributed by atoms with van der Waals surface area (Å²) in [4.78, 5) is 22.9. The first-order chi connectivity index (χ1) is 8.15. The molecular formula is C12H10N2O3. The third-order valence-corrected chi connectivity index (χ3v) is 2.40. The van der Waals surface area contributed by atoms with E-state index in [0.717, 1.165) is 0 Å². The third kappa shape index (κ3) is 1.87. The van der Waals surface area contributed by atoms with Crippen LogP contribution in [0.2, 0.25) is 0 Å². The zero-order valence-electron chi connectivity index (χ0n) is 9.43. The maximum absolute atomic E-state index is 11.5. The molecule has 0 atom stereocenters. The molecule has 0 saturated heterocycles. The van der Waals surface area contributed by atoms with Gasteiger partial charge in [-0.05, 0) is 0 Å². The highest BCUT2D eigenvalue weighted by molar-refractivity contribution is 6.10. The van der Waals surface area contributed by atoms with Gasteiger partial charge >= 0.3 is 5.97 Å². The van der Waals surface area contributed by atoms with Crippen LogP contribution in [0.3, 0.4) is 0 Å². The highest BCUT2D eigenvalue weighted by Crippen LogP contribution is 2.20. The summed E-state index contributed by atoms with van der Waals surface area (Å²) >= 11 is 0. The van der Waals surface area contributed by atoms with E-state index in [9.17, 15) is 9.59 Å². The van der Waals surface area contributed by atoms with Gasteiger partial charge in [0.1, 0.15) is 5.69 Å². The number of fused-ring (bicyclic) bond motifs is 1. The van der Waals surface area contributed by atoms with Crippen molar-refractivity contribution >= 4 is 22.5 Å². The van der Waals surface area contributed by atoms with Crippen molar-refractivity contribution in [2.24, 2.45) is 0 Å². The van der Waals surface area contributed by atoms with Gasteiger partial charge < -0.3 is 4.74 Å². The molecule has 0 fully saturated rings. The molecule has 2 aromatic rings. The van der Waals surface area contributed by atoms with Crippen molar-refractivity contribution in [3.8, 4) is 0 Å². The summed E-state index contributed by atoms with van der Waals surface area (Å²) in [6, 6.07) is 6.98. The second-order valence-electron chi connectivity index (χ2n) is 3.49. The Morgan fingerprint density at radius 3 is 2.12 bits per heavy atom. The molecule has 0 saturated carbocycles. The van der Waals surface area contributed by atoms with E-state index >= 15 is 0 Å². The van der Waals surface area contributed by atoms with E-state index in [0.29, 0.717) is 10.8 Å². The van der Waals surface area contributed by atoms with Crippen LogP contribution in [0, 0.1) is 0 Å². The molecule has 5 heteroatoms. The van der Waals surface area contributed by atoms with E-state index in [1.165, 1.54) is 14.0 Å². The third-order valence-electron chi connectivity index (χ3n) is 2.40. The molecule has 0 aliphatic carbocycles. The molecular weight excluding hydrogens is 220 g/mol. The standard InChI is InChI=1S/C12H10N2O3/c1-7(15)10-8-5-3-4-6-9(8)11(14-13-10)12(16)17-2/h3-6H,1-2H3. The molecule has 0 bridgehead atoms. The summed E-state index contributed by atoms with van der Waals surface area (Å²) in [7, 11) is 1.28. The Kier molecular flexibility index (Phi) is 2.82. The second-order valence-corrected chi connectivity index (χ2v) is 3.49. The first-order valence-electron chi connectivity index (χ1n) is 5.00. The van der Waals surface area contributed by atoms with Crippen molar-refractivity contribution in [2.45, 2.75) is 6.92 Å². The number of benzene rings is 1. The summed E-state index contributed by atoms with van der Waals surface area (Å²) < 4.78 is 4.62. The number of esters is 1. The monoisotopic (exact) mass is 230 g/mol. The molecule has 0 radical (unpaired) electrons. The Labute approximate surface area is 97.4 Å². The van der Waals surface area contributed by atoms with Gasteiger partial charge in [-0.25, -0.2) is 4.79 Å². The van der Waals surface area contributed by atoms with Crippen LogP contribution < -0.4 is 0 Å². The van der Waals surface area contributed by atoms with E-state index in [2.05, 4.69) is 14.9 Å². The fourth-order valence-corrected chi connectivity index (χ4v) is 1.61. The van der Waals surface area contributed by atoms with E-state index in [1.54, 1.807) is 24.3 Å². The largest absolute Gasteiger partial charge is 0.464 e. The molecule has 0 amide bonds. The van der Waals surface area contributed by atoms with Crippen LogP contribution in [0.4, 0.5) is 0 Å². The Hall–Kier alpha value is -2.30. The first kappa shape index (κ1) is 11.2. The number of nitrogens with zero attached hydrogens (tertiary/aromatic N) is 2. The van der Waals surface area contributed by atoms with E-state index in [-0.39, 0.29) is 17.2 Å². The average molecular weight is 230 g/mol. The van der Waals surface area contributed by atoms with Gasteiger partial charge in [-0.2, -0.15) is 0 Å². The number of ether oxygens (including phenoxy) is 1. The maximum Gasteiger partial charge on any atom is 0.359 e. The molecule has 0 aliphatic rings. The molecule has 1 heterocycles. The number of hydrogen-bond acceptors (Lipinski definition) is 5. The molecule has 0 unspecified atom stereocenters. The number of hydrogen-bond donors (Lipinski definition) is 0. The highest BCUT2D eigenvalue weighted by atomic mass is 16.5. The lowest BCUT2D eigenvalue weighted by molar-refractivity contribution is 0.0594. The van der Waals surface area contributed by atoms with Crippen LogP contribution in [-0.4, -0.2) is 29.1 Å². The van der Waals surface area contributed by atoms with Crippen molar-refractivity contribution in [3.63, 3.8) is 0 Å². The van der Waals surface area contributed by atoms with Crippen molar-refractivity contribution in [1.29, 1.82) is 0 Å². The van der Waals surface area contributed by atoms with Crippen LogP contribution in [0.5, 0.6) is 0 Å². The van der Waals surface area contributed by atoms with Gasteiger partial charge in [-0.15, -0.1) is 10.2 Å². The van der Waals surface area contributed by atoms with Crippen molar-refractivity contribution in [2.75, 3.05) is 7.11 Å². The second kappa shape index (κ2) is 4.29. The molecule has 0 N–H and O–H groups in total. The van der Waals surface area contributed by atoms with Crippen LogP contribution >= 0.6 is 0 Å². The van der Waals surface area contributed by atoms with E-state index in [1.807, 2.05) is 0 Å². The Balaban J connectivity index is 2.79. The predicted octanol–water partition coefficient (Wildman–Crippen LogP) is 1.62. The Bertz CT molecular complexity index is 608. The van der Waals surface area contributed by atoms with Crippen molar-refractivity contribution in [1.82, 2.24) is 10.2 Å². The molecule has 1 aromatic heterocycles. The number of carbonyl (C=O) groups is 2. The Morgan fingerprint density at radius 2 is 1.59 bits per heavy atom. The number of rotatable bonds is 2. The quantitative estimate of drug-likeness (QED) is 0.579. The maximum atomic E-state index is 11.5. The molecule has 5 nitrogen and oxygen atoms in total. The van der Waals surface area contributed by atoms with Gasteiger partial charge in [-0.3, -0.25) is 4.79 Å². The lowest BCUT2D eigenvalue weighted by Crippen LogP contribution is -2.10. The van der Waals surface area contributed by atoms with Gasteiger partial charge in [0.25, 0.3) is 0 Å². The molecule has 1 aromatic carbocycles. The summed E-state index contributed by atoms with van der Waals surface area (Å²) in [5, 5.41) is 8.70. The SMILES string of the molecule is COC(=O)c1nnc(C(C)=O)c2ccccc12. The number of aromatic nitrogens is 2. The highest BCUT2D eigenvalue weighted by Gasteiger charge is 2.17. The lowest BCUT2D eigenvalue weighted by Gasteiger charge is -2.05. The van der Waals surface area contributed by atoms with Crippen LogP contribution in [0.25, 0.3) is 10.8 Å². The van der Waals surface area contributed by atoms with Crippen LogP contribution in [0.1, 0.15) is 27.9 Å². The minimum absolute atomic E-state index is 0.119. The number of ketones is 1. The van der Waals surface area contributed by atoms with Crippen molar-refractivity contribution < 1.29 is 14.3 Å². The number of carbonyl (C=O) groups excluding carboxylic acids is 2. The summed E-state index contributed by atoms with van der Waals surface area (Å²) in [6.45, 7) is 1.41. The average Bonchev–Trinajstić information content (AvgIpc) is 2.36. The van der Waals surface area contributed by atoms with Gasteiger partial charge in [-0.1, -0.05) is 24.3 Å². The fourth-order valence-electron chi connectivity index (χ4n) is 1.61. The molecule has 2 rings (SSSR count). The molecule has 17 heavy (non-hydrogen) atoms. The topological polar surface area (TPSA) is 69.2 Å². The van der Waals surface area contributed by atoms with Gasteiger partial charge in [0, 0.05) is 17.7 Å². The summed E-state index contributed by atoms with van der Waals surface area (Å²) in [6.07, 6.45) is 0. The van der Waals surface area contributed by atoms with Crippen LogP contribution in [0.15, 0.2) is 24.3 Å². The van der Waals surface area contributed by atoms with Gasteiger partial charge in [0.15, 0.2) is 11.5 Å². The smallest absolute Gasteiger partial charge is 0.359 e. The molecule has 0 aliphatic heterocycles. The zero-order chi connectivity index (χ0) is 12.4. The Morgan fingerprint density at radius 1 is 1.06 bits per heavy atom.